The Morgan fingerprint density at radius 3 is 1.18 bits per heavy atom. The molecule has 0 spiro atoms. The highest BCUT2D eigenvalue weighted by atomic mass is 32.2. The topological polar surface area (TPSA) is 112 Å². The molecule has 4 fully saturated rings. The van der Waals surface area contributed by atoms with E-state index in [1.807, 2.05) is 12.1 Å². The number of anilines is 2. The van der Waals surface area contributed by atoms with Crippen LogP contribution in [0.5, 0.6) is 0 Å². The van der Waals surface area contributed by atoms with Gasteiger partial charge in [0.05, 0.1) is 34.0 Å². The molecule has 0 unspecified atom stereocenters. The molecule has 4 saturated carbocycles. The van der Waals surface area contributed by atoms with E-state index in [2.05, 4.69) is 32.6 Å². The predicted octanol–water partition coefficient (Wildman–Crippen LogP) is 10.9. The number of carbonyl (C=O) groups is 2. The van der Waals surface area contributed by atoms with Gasteiger partial charge in [-0.1, -0.05) is 137 Å². The highest BCUT2D eigenvalue weighted by Gasteiger charge is 2.32. The Morgan fingerprint density at radius 1 is 0.561 bits per heavy atom. The van der Waals surface area contributed by atoms with E-state index < -0.39 is 0 Å². The van der Waals surface area contributed by atoms with Crippen LogP contribution in [0.2, 0.25) is 0 Å². The molecule has 6 rings (SSSR count). The summed E-state index contributed by atoms with van der Waals surface area (Å²) in [5, 5.41) is 25.9. The summed E-state index contributed by atoms with van der Waals surface area (Å²) in [6, 6.07) is 17.3. The SMILES string of the molecule is N#Cc1cc(Cc2ccc(NC(=O)CSC(=S)N(C3CCCCC3)C3CCCCC3)c(C#N)c2)ccc1NC(=O)CSC(=S)N(C1CCCCC1)C1CCCCC1. The smallest absolute Gasteiger partial charge is 0.234 e. The largest absolute Gasteiger partial charge is 0.352 e. The van der Waals surface area contributed by atoms with Gasteiger partial charge in [0.2, 0.25) is 11.8 Å². The van der Waals surface area contributed by atoms with Crippen LogP contribution in [-0.2, 0) is 16.0 Å². The second-order valence-corrected chi connectivity index (χ2v) is 19.6. The molecule has 0 heterocycles. The number of carbonyl (C=O) groups excluding carboxylic acids is 2. The monoisotopic (exact) mass is 842 g/mol. The van der Waals surface area contributed by atoms with E-state index in [0.717, 1.165) is 19.8 Å². The van der Waals surface area contributed by atoms with Crippen molar-refractivity contribution in [3.8, 4) is 12.1 Å². The molecule has 2 aromatic carbocycles. The fourth-order valence-corrected chi connectivity index (χ4v) is 11.9. The van der Waals surface area contributed by atoms with E-state index in [0.29, 0.717) is 53.1 Å². The standard InChI is InChI=1S/C45H58N6O2S4/c46-28-34-26-32(21-23-40(34)48-42(52)30-56-44(54)50(36-13-5-1-6-14-36)37-15-7-2-8-16-37)25-33-22-24-41(35(27-33)29-47)49-43(53)31-57-45(55)51(38-17-9-3-10-18-38)39-19-11-4-12-20-39/h21-24,26-27,36-39H,1-20,25,30-31H2,(H,48,52)(H,49,53). The van der Waals surface area contributed by atoms with E-state index in [9.17, 15) is 20.1 Å². The Hall–Kier alpha value is -3.16. The summed E-state index contributed by atoms with van der Waals surface area (Å²) in [4.78, 5) is 31.3. The predicted molar refractivity (Wildman–Crippen MR) is 244 cm³/mol. The van der Waals surface area contributed by atoms with Gasteiger partial charge in [-0.15, -0.1) is 0 Å². The molecule has 2 amide bonds. The molecular formula is C45H58N6O2S4. The highest BCUT2D eigenvalue weighted by molar-refractivity contribution is 8.23. The minimum Gasteiger partial charge on any atom is -0.352 e. The third kappa shape index (κ3) is 12.4. The lowest BCUT2D eigenvalue weighted by Crippen LogP contribution is -2.47. The third-order valence-corrected chi connectivity index (χ3v) is 15.2. The molecule has 0 aliphatic heterocycles. The number of nitrogens with one attached hydrogen (secondary N) is 2. The van der Waals surface area contributed by atoms with Crippen molar-refractivity contribution in [3.63, 3.8) is 0 Å². The first-order valence-corrected chi connectivity index (χ1v) is 24.2. The van der Waals surface area contributed by atoms with Crippen molar-refractivity contribution in [2.24, 2.45) is 0 Å². The number of thiocarbonyl (C=S) groups is 2. The lowest BCUT2D eigenvalue weighted by molar-refractivity contribution is -0.114. The molecule has 2 N–H and O–H groups in total. The van der Waals surface area contributed by atoms with Gasteiger partial charge in [-0.05, 0) is 93.2 Å². The number of rotatable bonds is 12. The van der Waals surface area contributed by atoms with Gasteiger partial charge < -0.3 is 20.4 Å². The minimum atomic E-state index is -0.180. The molecule has 2 aromatic rings. The molecule has 12 heteroatoms. The van der Waals surface area contributed by atoms with Crippen molar-refractivity contribution in [2.75, 3.05) is 22.1 Å². The average Bonchev–Trinajstić information content (AvgIpc) is 3.25. The van der Waals surface area contributed by atoms with E-state index in [4.69, 9.17) is 24.4 Å². The Kier molecular flexibility index (Phi) is 17.0. The summed E-state index contributed by atoms with van der Waals surface area (Å²) in [5.74, 6) is 0.0417. The highest BCUT2D eigenvalue weighted by Crippen LogP contribution is 2.35. The number of thioether (sulfide) groups is 2. The van der Waals surface area contributed by atoms with Crippen LogP contribution in [-0.4, -0.2) is 65.9 Å². The summed E-state index contributed by atoms with van der Waals surface area (Å²) in [6.45, 7) is 0. The second-order valence-electron chi connectivity index (χ2n) is 16.3. The molecule has 4 aliphatic rings. The summed E-state index contributed by atoms with van der Waals surface area (Å²) < 4.78 is 1.66. The van der Waals surface area contributed by atoms with Crippen molar-refractivity contribution >= 4 is 79.8 Å². The minimum absolute atomic E-state index is 0.180. The summed E-state index contributed by atoms with van der Waals surface area (Å²) in [6.07, 6.45) is 25.0. The molecule has 0 bridgehead atoms. The van der Waals surface area contributed by atoms with Gasteiger partial charge in [0, 0.05) is 24.2 Å². The number of nitriles is 2. The van der Waals surface area contributed by atoms with Crippen LogP contribution in [0.15, 0.2) is 36.4 Å². The average molecular weight is 843 g/mol. The van der Waals surface area contributed by atoms with Crippen LogP contribution in [0, 0.1) is 22.7 Å². The molecule has 0 atom stereocenters. The Labute approximate surface area is 359 Å². The molecule has 0 aromatic heterocycles. The van der Waals surface area contributed by atoms with E-state index in [1.54, 1.807) is 24.3 Å². The molecule has 4 aliphatic carbocycles. The number of hydrogen-bond donors (Lipinski definition) is 2. The zero-order chi connectivity index (χ0) is 40.0. The van der Waals surface area contributed by atoms with Crippen molar-refractivity contribution in [1.29, 1.82) is 10.5 Å². The molecule has 0 saturated heterocycles. The summed E-state index contributed by atoms with van der Waals surface area (Å²) in [5.41, 5.74) is 3.46. The lowest BCUT2D eigenvalue weighted by atomic mass is 9.89. The van der Waals surface area contributed by atoms with Gasteiger partial charge in [-0.25, -0.2) is 0 Å². The van der Waals surface area contributed by atoms with Gasteiger partial charge >= 0.3 is 0 Å². The maximum absolute atomic E-state index is 13.2. The zero-order valence-electron chi connectivity index (χ0n) is 33.3. The van der Waals surface area contributed by atoms with E-state index >= 15 is 0 Å². The second kappa shape index (κ2) is 22.3. The van der Waals surface area contributed by atoms with Crippen molar-refractivity contribution < 1.29 is 9.59 Å². The van der Waals surface area contributed by atoms with Gasteiger partial charge in [-0.2, -0.15) is 10.5 Å². The Balaban J connectivity index is 1.01. The quantitative estimate of drug-likeness (QED) is 0.200. The molecule has 57 heavy (non-hydrogen) atoms. The molecule has 8 nitrogen and oxygen atoms in total. The van der Waals surface area contributed by atoms with Gasteiger partial charge in [0.15, 0.2) is 0 Å². The number of benzene rings is 2. The van der Waals surface area contributed by atoms with Crippen LogP contribution in [0.3, 0.4) is 0 Å². The zero-order valence-corrected chi connectivity index (χ0v) is 36.5. The van der Waals surface area contributed by atoms with Crippen molar-refractivity contribution in [3.05, 3.63) is 58.7 Å². The number of nitrogens with zero attached hydrogens (tertiary/aromatic N) is 4. The Bertz CT molecular complexity index is 1630. The van der Waals surface area contributed by atoms with Crippen LogP contribution >= 0.6 is 48.0 Å². The van der Waals surface area contributed by atoms with E-state index in [-0.39, 0.29) is 23.3 Å². The van der Waals surface area contributed by atoms with Gasteiger partial charge in [-0.3, -0.25) is 9.59 Å². The fraction of sp³-hybridized carbons (Fsp3) is 0.600. The molecular weight excluding hydrogens is 785 g/mol. The third-order valence-electron chi connectivity index (χ3n) is 12.3. The summed E-state index contributed by atoms with van der Waals surface area (Å²) >= 11 is 14.8. The lowest BCUT2D eigenvalue weighted by Gasteiger charge is -2.43. The van der Waals surface area contributed by atoms with Gasteiger partial charge in [0.25, 0.3) is 0 Å². The van der Waals surface area contributed by atoms with Crippen molar-refractivity contribution in [2.45, 2.75) is 159 Å². The molecule has 304 valence electrons. The van der Waals surface area contributed by atoms with Crippen LogP contribution in [0.4, 0.5) is 11.4 Å². The van der Waals surface area contributed by atoms with E-state index in [1.165, 1.54) is 152 Å². The molecule has 0 radical (unpaired) electrons. The fourth-order valence-electron chi connectivity index (χ4n) is 9.45. The normalized spacial score (nSPS) is 18.5. The van der Waals surface area contributed by atoms with Crippen LogP contribution in [0.1, 0.15) is 151 Å². The van der Waals surface area contributed by atoms with Crippen LogP contribution in [0.25, 0.3) is 0 Å². The Morgan fingerprint density at radius 2 is 0.877 bits per heavy atom. The van der Waals surface area contributed by atoms with Crippen molar-refractivity contribution in [1.82, 2.24) is 9.80 Å². The first kappa shape index (κ1) is 43.4. The number of amides is 2. The van der Waals surface area contributed by atoms with Gasteiger partial charge in [0.1, 0.15) is 20.8 Å². The maximum Gasteiger partial charge on any atom is 0.234 e. The first-order chi connectivity index (χ1) is 27.8. The summed E-state index contributed by atoms with van der Waals surface area (Å²) in [7, 11) is 0. The number of hydrogen-bond acceptors (Lipinski definition) is 8. The maximum atomic E-state index is 13.2. The van der Waals surface area contributed by atoms with Crippen LogP contribution < -0.4 is 10.6 Å². The first-order valence-electron chi connectivity index (χ1n) is 21.4.